The Labute approximate surface area is 194 Å². The Bertz CT molecular complexity index is 1300. The molecular weight excluding hydrogens is 445 g/mol. The summed E-state index contributed by atoms with van der Waals surface area (Å²) in [6, 6.07) is 8.51. The second-order valence-electron chi connectivity index (χ2n) is 8.09. The minimum Gasteiger partial charge on any atom is -0.471 e. The van der Waals surface area contributed by atoms with Gasteiger partial charge in [-0.05, 0) is 60.4 Å². The van der Waals surface area contributed by atoms with Crippen LogP contribution in [0, 0.1) is 12.7 Å². The Hall–Kier alpha value is -3.95. The van der Waals surface area contributed by atoms with Gasteiger partial charge in [0.15, 0.2) is 0 Å². The Morgan fingerprint density at radius 2 is 1.76 bits per heavy atom. The molecule has 0 amide bonds. The maximum Gasteiger partial charge on any atom is 0.280 e. The van der Waals surface area contributed by atoms with Crippen LogP contribution in [0.3, 0.4) is 0 Å². The lowest BCUT2D eigenvalue weighted by Gasteiger charge is -2.17. The first-order valence-electron chi connectivity index (χ1n) is 10.6. The predicted molar refractivity (Wildman–Crippen MR) is 122 cm³/mol. The average molecular weight is 468 g/mol. The molecule has 7 nitrogen and oxygen atoms in total. The summed E-state index contributed by atoms with van der Waals surface area (Å²) >= 11 is 0. The highest BCUT2D eigenvalue weighted by Gasteiger charge is 2.22. The first kappa shape index (κ1) is 23.2. The van der Waals surface area contributed by atoms with Crippen molar-refractivity contribution in [3.8, 4) is 28.3 Å². The molecule has 10 heteroatoms. The molecule has 0 saturated heterocycles. The number of alkyl halides is 2. The molecule has 0 atom stereocenters. The van der Waals surface area contributed by atoms with Crippen molar-refractivity contribution in [1.82, 2.24) is 25.1 Å². The zero-order chi connectivity index (χ0) is 24.4. The van der Waals surface area contributed by atoms with Crippen LogP contribution in [0.4, 0.5) is 19.1 Å². The van der Waals surface area contributed by atoms with E-state index in [1.807, 2.05) is 13.8 Å². The molecule has 0 radical (unpaired) electrons. The van der Waals surface area contributed by atoms with Crippen LogP contribution in [0.2, 0.25) is 0 Å². The summed E-state index contributed by atoms with van der Waals surface area (Å²) in [6.07, 6.45) is -1.05. The number of hydrogen-bond donors (Lipinski definition) is 2. The van der Waals surface area contributed by atoms with E-state index in [1.54, 1.807) is 19.2 Å². The number of H-pyrrole nitrogens is 1. The van der Waals surface area contributed by atoms with Crippen LogP contribution in [0.15, 0.2) is 42.6 Å². The molecule has 4 aromatic rings. The van der Waals surface area contributed by atoms with Crippen molar-refractivity contribution in [3.05, 3.63) is 71.1 Å². The number of nitrogens with two attached hydrogens (primary N) is 1. The van der Waals surface area contributed by atoms with Crippen molar-refractivity contribution in [2.45, 2.75) is 39.7 Å². The van der Waals surface area contributed by atoms with Gasteiger partial charge in [-0.2, -0.15) is 10.1 Å². The average Bonchev–Trinajstić information content (AvgIpc) is 3.26. The Kier molecular flexibility index (Phi) is 6.49. The number of aryl methyl sites for hydroxylation is 1. The molecule has 1 aromatic carbocycles. The van der Waals surface area contributed by atoms with E-state index in [4.69, 9.17) is 10.5 Å². The van der Waals surface area contributed by atoms with Crippen molar-refractivity contribution >= 4 is 5.95 Å². The molecule has 176 valence electrons. The monoisotopic (exact) mass is 468 g/mol. The molecule has 4 rings (SSSR count). The molecule has 0 spiro atoms. The molecule has 34 heavy (non-hydrogen) atoms. The van der Waals surface area contributed by atoms with Gasteiger partial charge in [0.1, 0.15) is 18.1 Å². The van der Waals surface area contributed by atoms with E-state index in [0.717, 1.165) is 11.3 Å². The van der Waals surface area contributed by atoms with Crippen LogP contribution in [0.1, 0.15) is 48.8 Å². The quantitative estimate of drug-likeness (QED) is 0.366. The molecule has 3 heterocycles. The molecule has 0 unspecified atom stereocenters. The van der Waals surface area contributed by atoms with Crippen LogP contribution in [0.5, 0.6) is 5.88 Å². The fourth-order valence-electron chi connectivity index (χ4n) is 3.66. The number of nitrogen functional groups attached to an aromatic ring is 1. The Morgan fingerprint density at radius 3 is 2.44 bits per heavy atom. The molecule has 0 saturated carbocycles. The summed E-state index contributed by atoms with van der Waals surface area (Å²) < 4.78 is 46.7. The van der Waals surface area contributed by atoms with Crippen molar-refractivity contribution in [3.63, 3.8) is 0 Å². The molecule has 0 aliphatic heterocycles. The van der Waals surface area contributed by atoms with Gasteiger partial charge in [-0.15, -0.1) is 0 Å². The number of nitrogens with one attached hydrogen (secondary N) is 1. The number of aromatic nitrogens is 5. The number of pyridine rings is 1. The fourth-order valence-corrected chi connectivity index (χ4v) is 3.66. The van der Waals surface area contributed by atoms with E-state index in [2.05, 4.69) is 25.1 Å². The predicted octanol–water partition coefficient (Wildman–Crippen LogP) is 5.60. The van der Waals surface area contributed by atoms with Crippen molar-refractivity contribution in [2.75, 3.05) is 5.73 Å². The third-order valence-electron chi connectivity index (χ3n) is 5.22. The number of ether oxygens (including phenoxy) is 1. The second kappa shape index (κ2) is 9.50. The summed E-state index contributed by atoms with van der Waals surface area (Å²) in [6.45, 7) is 5.76. The molecule has 0 bridgehead atoms. The number of nitrogens with zero attached hydrogens (tertiary/aromatic N) is 4. The van der Waals surface area contributed by atoms with Crippen LogP contribution in [-0.4, -0.2) is 25.1 Å². The van der Waals surface area contributed by atoms with E-state index in [1.165, 1.54) is 30.3 Å². The highest BCUT2D eigenvalue weighted by molar-refractivity contribution is 5.85. The first-order chi connectivity index (χ1) is 16.2. The van der Waals surface area contributed by atoms with Gasteiger partial charge in [0, 0.05) is 11.3 Å². The van der Waals surface area contributed by atoms with Crippen molar-refractivity contribution < 1.29 is 17.9 Å². The van der Waals surface area contributed by atoms with Crippen LogP contribution < -0.4 is 10.5 Å². The summed E-state index contributed by atoms with van der Waals surface area (Å²) in [5, 5.41) is 7.00. The fraction of sp³-hybridized carbons (Fsp3) is 0.250. The van der Waals surface area contributed by atoms with Crippen molar-refractivity contribution in [1.29, 1.82) is 0 Å². The van der Waals surface area contributed by atoms with Gasteiger partial charge in [0.05, 0.1) is 23.1 Å². The van der Waals surface area contributed by atoms with E-state index in [9.17, 15) is 13.2 Å². The zero-order valence-corrected chi connectivity index (χ0v) is 18.8. The number of hydrogen-bond acceptors (Lipinski definition) is 6. The highest BCUT2D eigenvalue weighted by atomic mass is 19.3. The Morgan fingerprint density at radius 1 is 1.03 bits per heavy atom. The van der Waals surface area contributed by atoms with Crippen LogP contribution in [-0.2, 0) is 6.61 Å². The topological polar surface area (TPSA) is 103 Å². The minimum absolute atomic E-state index is 0.0772. The molecule has 3 aromatic heterocycles. The molecule has 0 fully saturated rings. The zero-order valence-electron chi connectivity index (χ0n) is 18.8. The normalized spacial score (nSPS) is 11.4. The second-order valence-corrected chi connectivity index (χ2v) is 8.09. The maximum absolute atomic E-state index is 13.6. The largest absolute Gasteiger partial charge is 0.471 e. The third-order valence-corrected chi connectivity index (χ3v) is 5.22. The van der Waals surface area contributed by atoms with Gasteiger partial charge in [-0.1, -0.05) is 13.8 Å². The third kappa shape index (κ3) is 4.85. The highest BCUT2D eigenvalue weighted by Crippen LogP contribution is 2.39. The van der Waals surface area contributed by atoms with Gasteiger partial charge in [0.2, 0.25) is 11.8 Å². The van der Waals surface area contributed by atoms with E-state index < -0.39 is 17.9 Å². The van der Waals surface area contributed by atoms with Gasteiger partial charge in [-0.3, -0.25) is 10.1 Å². The van der Waals surface area contributed by atoms with Crippen molar-refractivity contribution in [2.24, 2.45) is 0 Å². The van der Waals surface area contributed by atoms with Crippen LogP contribution >= 0.6 is 0 Å². The Balaban J connectivity index is 1.89. The van der Waals surface area contributed by atoms with Crippen LogP contribution in [0.25, 0.3) is 22.4 Å². The molecular formula is C24H23F3N6O. The van der Waals surface area contributed by atoms with E-state index in [0.29, 0.717) is 28.1 Å². The summed E-state index contributed by atoms with van der Waals surface area (Å²) in [5.74, 6) is -0.198. The first-order valence-corrected chi connectivity index (χ1v) is 10.6. The number of benzene rings is 1. The number of aromatic amines is 1. The molecule has 0 aliphatic rings. The molecule has 0 aliphatic carbocycles. The van der Waals surface area contributed by atoms with Gasteiger partial charge in [-0.25, -0.2) is 18.2 Å². The molecule has 3 N–H and O–H groups in total. The summed E-state index contributed by atoms with van der Waals surface area (Å²) in [4.78, 5) is 12.5. The number of rotatable bonds is 7. The van der Waals surface area contributed by atoms with Gasteiger partial charge < -0.3 is 10.5 Å². The summed E-state index contributed by atoms with van der Waals surface area (Å²) in [5.41, 5.74) is 9.27. The van der Waals surface area contributed by atoms with E-state index in [-0.39, 0.29) is 24.4 Å². The standard InChI is InChI=1S/C24H23F3N6O/c1-12(2)17-10-29-33-19(17)11-34-23-20(15-8-13(3)30-18(9-15)22(26)27)21(31-24(28)32-23)14-4-6-16(25)7-5-14/h4-10,12,22H,11H2,1-3H3,(H,29,33)(H2,28,31,32). The van der Waals surface area contributed by atoms with Gasteiger partial charge in [0.25, 0.3) is 6.43 Å². The number of anilines is 1. The van der Waals surface area contributed by atoms with Gasteiger partial charge >= 0.3 is 0 Å². The SMILES string of the molecule is Cc1cc(-c2c(OCc3[nH]ncc3C(C)C)nc(N)nc2-c2ccc(F)cc2)cc(C(F)F)n1. The summed E-state index contributed by atoms with van der Waals surface area (Å²) in [7, 11) is 0. The van der Waals surface area contributed by atoms with E-state index >= 15 is 0 Å². The maximum atomic E-state index is 13.6. The lowest BCUT2D eigenvalue weighted by Crippen LogP contribution is -2.07. The lowest BCUT2D eigenvalue weighted by molar-refractivity contribution is 0.146. The number of halogens is 3. The minimum atomic E-state index is -2.77. The smallest absolute Gasteiger partial charge is 0.280 e. The lowest BCUT2D eigenvalue weighted by atomic mass is 9.99.